The summed E-state index contributed by atoms with van der Waals surface area (Å²) >= 11 is 0. The predicted molar refractivity (Wildman–Crippen MR) is 99.2 cm³/mol. The first-order valence-electron chi connectivity index (χ1n) is 8.31. The van der Waals surface area contributed by atoms with Gasteiger partial charge in [0.05, 0.1) is 5.52 Å². The van der Waals surface area contributed by atoms with Gasteiger partial charge in [0.1, 0.15) is 11.6 Å². The molecule has 0 atom stereocenters. The average Bonchev–Trinajstić information content (AvgIpc) is 2.61. The van der Waals surface area contributed by atoms with Crippen molar-refractivity contribution in [2.24, 2.45) is 0 Å². The molecule has 2 N–H and O–H groups in total. The van der Waals surface area contributed by atoms with Crippen molar-refractivity contribution in [2.75, 3.05) is 11.9 Å². The van der Waals surface area contributed by atoms with E-state index in [0.717, 1.165) is 16.5 Å². The van der Waals surface area contributed by atoms with Gasteiger partial charge < -0.3 is 15.0 Å². The summed E-state index contributed by atoms with van der Waals surface area (Å²) in [6.07, 6.45) is 0.663. The van der Waals surface area contributed by atoms with E-state index >= 15 is 0 Å². The quantitative estimate of drug-likeness (QED) is 0.736. The highest BCUT2D eigenvalue weighted by atomic mass is 19.1. The van der Waals surface area contributed by atoms with Crippen molar-refractivity contribution in [3.05, 3.63) is 69.8 Å². The van der Waals surface area contributed by atoms with Gasteiger partial charge in [0.15, 0.2) is 6.61 Å². The first-order chi connectivity index (χ1) is 12.5. The first kappa shape index (κ1) is 17.7. The van der Waals surface area contributed by atoms with E-state index < -0.39 is 0 Å². The number of rotatable bonds is 5. The number of anilines is 1. The van der Waals surface area contributed by atoms with Crippen LogP contribution in [0.3, 0.4) is 0 Å². The lowest BCUT2D eigenvalue weighted by Gasteiger charge is -2.10. The predicted octanol–water partition coefficient (Wildman–Crippen LogP) is 3.56. The van der Waals surface area contributed by atoms with Crippen LogP contribution in [0.4, 0.5) is 10.1 Å². The number of aromatic nitrogens is 1. The molecule has 1 heterocycles. The Hall–Kier alpha value is -3.15. The number of hydrogen-bond donors (Lipinski definition) is 2. The number of pyridine rings is 1. The third kappa shape index (κ3) is 3.74. The van der Waals surface area contributed by atoms with Crippen LogP contribution < -0.4 is 15.6 Å². The van der Waals surface area contributed by atoms with Crippen molar-refractivity contribution in [1.29, 1.82) is 0 Å². The molecule has 5 nitrogen and oxygen atoms in total. The zero-order chi connectivity index (χ0) is 18.7. The summed E-state index contributed by atoms with van der Waals surface area (Å²) < 4.78 is 18.2. The fourth-order valence-electron chi connectivity index (χ4n) is 2.89. The maximum absolute atomic E-state index is 12.8. The third-order valence-electron chi connectivity index (χ3n) is 4.22. The van der Waals surface area contributed by atoms with E-state index in [2.05, 4.69) is 10.3 Å². The molecule has 6 heteroatoms. The number of H-pyrrole nitrogens is 1. The lowest BCUT2D eigenvalue weighted by Crippen LogP contribution is -2.20. The van der Waals surface area contributed by atoms with Gasteiger partial charge in [-0.2, -0.15) is 0 Å². The molecule has 0 unspecified atom stereocenters. The number of amides is 1. The Bertz CT molecular complexity index is 1010. The number of aromatic amines is 1. The second kappa shape index (κ2) is 7.39. The second-order valence-corrected chi connectivity index (χ2v) is 5.96. The summed E-state index contributed by atoms with van der Waals surface area (Å²) in [6.45, 7) is 3.66. The van der Waals surface area contributed by atoms with Gasteiger partial charge >= 0.3 is 0 Å². The third-order valence-corrected chi connectivity index (χ3v) is 4.22. The normalized spacial score (nSPS) is 10.7. The molecule has 0 aliphatic heterocycles. The molecular formula is C20H19FN2O3. The number of fused-ring (bicyclic) bond motifs is 1. The Morgan fingerprint density at radius 2 is 1.92 bits per heavy atom. The topological polar surface area (TPSA) is 71.2 Å². The van der Waals surface area contributed by atoms with Crippen LogP contribution in [-0.4, -0.2) is 17.5 Å². The molecule has 0 spiro atoms. The SMILES string of the molecule is CCc1c(C)c2ccc(NC(=O)COc3ccc(F)cc3)cc2[nH]c1=O. The van der Waals surface area contributed by atoms with E-state index in [1.165, 1.54) is 24.3 Å². The highest BCUT2D eigenvalue weighted by Crippen LogP contribution is 2.21. The van der Waals surface area contributed by atoms with Gasteiger partial charge in [-0.1, -0.05) is 13.0 Å². The molecule has 3 aromatic rings. The lowest BCUT2D eigenvalue weighted by atomic mass is 10.0. The standard InChI is InChI=1S/C20H19FN2O3/c1-3-16-12(2)17-9-6-14(10-18(17)23-20(16)25)22-19(24)11-26-15-7-4-13(21)5-8-15/h4-10H,3,11H2,1-2H3,(H,22,24)(H,23,25). The van der Waals surface area contributed by atoms with E-state index in [-0.39, 0.29) is 23.9 Å². The molecule has 3 rings (SSSR count). The highest BCUT2D eigenvalue weighted by molar-refractivity contribution is 5.95. The van der Waals surface area contributed by atoms with Gasteiger partial charge in [-0.3, -0.25) is 9.59 Å². The van der Waals surface area contributed by atoms with Gasteiger partial charge in [-0.25, -0.2) is 4.39 Å². The largest absolute Gasteiger partial charge is 0.484 e. The van der Waals surface area contributed by atoms with Crippen molar-refractivity contribution in [2.45, 2.75) is 20.3 Å². The summed E-state index contributed by atoms with van der Waals surface area (Å²) in [5, 5.41) is 3.67. The van der Waals surface area contributed by atoms with Crippen LogP contribution in [0.2, 0.25) is 0 Å². The molecule has 1 aromatic heterocycles. The van der Waals surface area contributed by atoms with Gasteiger partial charge in [-0.15, -0.1) is 0 Å². The molecule has 0 saturated heterocycles. The number of carbonyl (C=O) groups excluding carboxylic acids is 1. The van der Waals surface area contributed by atoms with Crippen LogP contribution in [0.1, 0.15) is 18.1 Å². The van der Waals surface area contributed by atoms with E-state index in [1.807, 2.05) is 19.9 Å². The Balaban J connectivity index is 1.73. The zero-order valence-electron chi connectivity index (χ0n) is 14.6. The number of aryl methyl sites for hydroxylation is 1. The lowest BCUT2D eigenvalue weighted by molar-refractivity contribution is -0.118. The minimum atomic E-state index is -0.367. The van der Waals surface area contributed by atoms with Crippen molar-refractivity contribution in [3.63, 3.8) is 0 Å². The fourth-order valence-corrected chi connectivity index (χ4v) is 2.89. The van der Waals surface area contributed by atoms with Crippen LogP contribution in [0.25, 0.3) is 10.9 Å². The molecule has 2 aromatic carbocycles. The van der Waals surface area contributed by atoms with Crippen LogP contribution in [0.5, 0.6) is 5.75 Å². The molecule has 0 bridgehead atoms. The minimum absolute atomic E-state index is 0.111. The van der Waals surface area contributed by atoms with Crippen LogP contribution in [-0.2, 0) is 11.2 Å². The van der Waals surface area contributed by atoms with Crippen molar-refractivity contribution in [1.82, 2.24) is 4.98 Å². The van der Waals surface area contributed by atoms with Gasteiger partial charge in [0.2, 0.25) is 0 Å². The molecule has 26 heavy (non-hydrogen) atoms. The van der Waals surface area contributed by atoms with E-state index in [0.29, 0.717) is 23.4 Å². The van der Waals surface area contributed by atoms with Crippen LogP contribution in [0.15, 0.2) is 47.3 Å². The highest BCUT2D eigenvalue weighted by Gasteiger charge is 2.09. The number of ether oxygens (including phenoxy) is 1. The fraction of sp³-hybridized carbons (Fsp3) is 0.200. The Labute approximate surface area is 149 Å². The van der Waals surface area contributed by atoms with Crippen LogP contribution >= 0.6 is 0 Å². The number of halogens is 1. The zero-order valence-corrected chi connectivity index (χ0v) is 14.6. The van der Waals surface area contributed by atoms with Crippen LogP contribution in [0, 0.1) is 12.7 Å². The number of carbonyl (C=O) groups is 1. The Kier molecular flexibility index (Phi) is 5.02. The molecule has 0 fully saturated rings. The second-order valence-electron chi connectivity index (χ2n) is 5.96. The molecule has 0 aliphatic carbocycles. The smallest absolute Gasteiger partial charge is 0.262 e. The molecule has 0 radical (unpaired) electrons. The number of benzene rings is 2. The molecule has 0 aliphatic rings. The van der Waals surface area contributed by atoms with Crippen molar-refractivity contribution < 1.29 is 13.9 Å². The summed E-state index contributed by atoms with van der Waals surface area (Å²) in [5.74, 6) is -0.307. The molecule has 134 valence electrons. The van der Waals surface area contributed by atoms with Gasteiger partial charge in [0.25, 0.3) is 11.5 Å². The van der Waals surface area contributed by atoms with E-state index in [1.54, 1.807) is 12.1 Å². The minimum Gasteiger partial charge on any atom is -0.484 e. The summed E-state index contributed by atoms with van der Waals surface area (Å²) in [4.78, 5) is 27.0. The van der Waals surface area contributed by atoms with Gasteiger partial charge in [-0.05, 0) is 55.3 Å². The maximum Gasteiger partial charge on any atom is 0.262 e. The van der Waals surface area contributed by atoms with Gasteiger partial charge in [0, 0.05) is 16.6 Å². The first-order valence-corrected chi connectivity index (χ1v) is 8.31. The monoisotopic (exact) mass is 354 g/mol. The summed E-state index contributed by atoms with van der Waals surface area (Å²) in [7, 11) is 0. The molecule has 0 saturated carbocycles. The maximum atomic E-state index is 12.8. The Morgan fingerprint density at radius 3 is 2.62 bits per heavy atom. The molecule has 1 amide bonds. The molecular weight excluding hydrogens is 335 g/mol. The number of hydrogen-bond acceptors (Lipinski definition) is 3. The Morgan fingerprint density at radius 1 is 1.19 bits per heavy atom. The average molecular weight is 354 g/mol. The number of nitrogens with one attached hydrogen (secondary N) is 2. The summed E-state index contributed by atoms with van der Waals surface area (Å²) in [5.41, 5.74) is 2.83. The van der Waals surface area contributed by atoms with E-state index in [9.17, 15) is 14.0 Å². The van der Waals surface area contributed by atoms with Crippen molar-refractivity contribution in [3.8, 4) is 5.75 Å². The summed E-state index contributed by atoms with van der Waals surface area (Å²) in [6, 6.07) is 10.8. The van der Waals surface area contributed by atoms with E-state index in [4.69, 9.17) is 4.74 Å². The van der Waals surface area contributed by atoms with Crippen molar-refractivity contribution >= 4 is 22.5 Å².